The summed E-state index contributed by atoms with van der Waals surface area (Å²) < 4.78 is 0. The minimum Gasteiger partial charge on any atom is -0.320 e. The zero-order chi connectivity index (χ0) is 11.7. The van der Waals surface area contributed by atoms with Gasteiger partial charge in [-0.3, -0.25) is 0 Å². The Morgan fingerprint density at radius 1 is 1.25 bits per heavy atom. The van der Waals surface area contributed by atoms with E-state index in [1.165, 1.54) is 0 Å². The molecule has 16 heavy (non-hydrogen) atoms. The summed E-state index contributed by atoms with van der Waals surface area (Å²) in [5.74, 6) is 0. The Balaban J connectivity index is 2.41. The Kier molecular flexibility index (Phi) is 3.55. The standard InChI is InChI=1S/C12H11Cl2NS/c1-7-6-8(13)2-3-9(7)11(15)12-10(14)4-5-16-12/h2-6,11H,15H2,1H3. The lowest BCUT2D eigenvalue weighted by molar-refractivity contribution is 0.883. The number of thiophene rings is 1. The number of benzene rings is 1. The maximum atomic E-state index is 6.20. The van der Waals surface area contributed by atoms with Gasteiger partial charge < -0.3 is 5.73 Å². The van der Waals surface area contributed by atoms with Gasteiger partial charge in [0.15, 0.2) is 0 Å². The van der Waals surface area contributed by atoms with Crippen LogP contribution in [0.1, 0.15) is 22.0 Å². The number of halogens is 2. The van der Waals surface area contributed by atoms with Crippen molar-refractivity contribution in [3.05, 3.63) is 55.7 Å². The van der Waals surface area contributed by atoms with E-state index in [9.17, 15) is 0 Å². The van der Waals surface area contributed by atoms with Gasteiger partial charge in [0, 0.05) is 9.90 Å². The minimum atomic E-state index is -0.176. The van der Waals surface area contributed by atoms with Gasteiger partial charge >= 0.3 is 0 Å². The summed E-state index contributed by atoms with van der Waals surface area (Å²) in [6, 6.07) is 7.42. The Bertz CT molecular complexity index is 507. The van der Waals surface area contributed by atoms with Crippen LogP contribution in [0.15, 0.2) is 29.6 Å². The lowest BCUT2D eigenvalue weighted by atomic mass is 10.0. The van der Waals surface area contributed by atoms with Gasteiger partial charge in [-0.25, -0.2) is 0 Å². The number of nitrogens with two attached hydrogens (primary N) is 1. The van der Waals surface area contributed by atoms with Crippen LogP contribution in [0.3, 0.4) is 0 Å². The largest absolute Gasteiger partial charge is 0.320 e. The number of rotatable bonds is 2. The van der Waals surface area contributed by atoms with Gasteiger partial charge in [0.25, 0.3) is 0 Å². The minimum absolute atomic E-state index is 0.176. The van der Waals surface area contributed by atoms with Crippen molar-refractivity contribution in [2.45, 2.75) is 13.0 Å². The lowest BCUT2D eigenvalue weighted by Crippen LogP contribution is -2.12. The van der Waals surface area contributed by atoms with E-state index in [0.29, 0.717) is 0 Å². The van der Waals surface area contributed by atoms with Crippen molar-refractivity contribution in [1.82, 2.24) is 0 Å². The fourth-order valence-electron chi connectivity index (χ4n) is 1.66. The second-order valence-corrected chi connectivity index (χ2v) is 5.40. The average Bonchev–Trinajstić information content (AvgIpc) is 2.63. The first-order valence-electron chi connectivity index (χ1n) is 4.84. The molecule has 2 N–H and O–H groups in total. The first-order chi connectivity index (χ1) is 7.59. The van der Waals surface area contributed by atoms with Crippen LogP contribution in [0.4, 0.5) is 0 Å². The van der Waals surface area contributed by atoms with Crippen LogP contribution in [-0.2, 0) is 0 Å². The van der Waals surface area contributed by atoms with Gasteiger partial charge in [-0.2, -0.15) is 0 Å². The second-order valence-electron chi connectivity index (χ2n) is 3.61. The van der Waals surface area contributed by atoms with Gasteiger partial charge in [-0.05, 0) is 41.6 Å². The molecule has 2 rings (SSSR count). The fraction of sp³-hybridized carbons (Fsp3) is 0.167. The van der Waals surface area contributed by atoms with Crippen LogP contribution < -0.4 is 5.73 Å². The molecule has 1 aromatic carbocycles. The van der Waals surface area contributed by atoms with E-state index < -0.39 is 0 Å². The third-order valence-corrected chi connectivity index (χ3v) is 4.17. The molecular formula is C12H11Cl2NS. The van der Waals surface area contributed by atoms with E-state index in [1.54, 1.807) is 11.3 Å². The summed E-state index contributed by atoms with van der Waals surface area (Å²) >= 11 is 13.6. The van der Waals surface area contributed by atoms with E-state index in [1.807, 2.05) is 36.6 Å². The van der Waals surface area contributed by atoms with Crippen LogP contribution in [0, 0.1) is 6.92 Å². The average molecular weight is 272 g/mol. The van der Waals surface area contributed by atoms with E-state index in [4.69, 9.17) is 28.9 Å². The third kappa shape index (κ3) is 2.25. The first kappa shape index (κ1) is 11.9. The SMILES string of the molecule is Cc1cc(Cl)ccc1C(N)c1sccc1Cl. The van der Waals surface area contributed by atoms with Crippen molar-refractivity contribution in [3.8, 4) is 0 Å². The molecule has 0 fully saturated rings. The highest BCUT2D eigenvalue weighted by Crippen LogP contribution is 2.33. The molecule has 0 saturated carbocycles. The Labute approximate surface area is 109 Å². The molecule has 4 heteroatoms. The smallest absolute Gasteiger partial charge is 0.0663 e. The molecule has 1 heterocycles. The van der Waals surface area contributed by atoms with Gasteiger partial charge in [-0.1, -0.05) is 29.3 Å². The van der Waals surface area contributed by atoms with Gasteiger partial charge in [-0.15, -0.1) is 11.3 Å². The van der Waals surface area contributed by atoms with Crippen LogP contribution in [0.2, 0.25) is 10.0 Å². The van der Waals surface area contributed by atoms with Crippen molar-refractivity contribution in [3.63, 3.8) is 0 Å². The highest BCUT2D eigenvalue weighted by molar-refractivity contribution is 7.10. The maximum absolute atomic E-state index is 6.20. The molecule has 1 aromatic heterocycles. The molecule has 0 aliphatic heterocycles. The monoisotopic (exact) mass is 271 g/mol. The highest BCUT2D eigenvalue weighted by Gasteiger charge is 2.15. The van der Waals surface area contributed by atoms with E-state index in [0.717, 1.165) is 26.0 Å². The lowest BCUT2D eigenvalue weighted by Gasteiger charge is -2.14. The van der Waals surface area contributed by atoms with Crippen molar-refractivity contribution in [1.29, 1.82) is 0 Å². The summed E-state index contributed by atoms with van der Waals surface area (Å²) in [6.07, 6.45) is 0. The molecule has 0 aliphatic rings. The molecule has 0 amide bonds. The van der Waals surface area contributed by atoms with Crippen molar-refractivity contribution < 1.29 is 0 Å². The van der Waals surface area contributed by atoms with Crippen LogP contribution in [-0.4, -0.2) is 0 Å². The summed E-state index contributed by atoms with van der Waals surface area (Å²) in [5.41, 5.74) is 8.35. The molecule has 0 aliphatic carbocycles. The van der Waals surface area contributed by atoms with Crippen molar-refractivity contribution >= 4 is 34.5 Å². The molecule has 84 valence electrons. The number of hydrogen-bond donors (Lipinski definition) is 1. The summed E-state index contributed by atoms with van der Waals surface area (Å²) in [6.45, 7) is 2.00. The molecule has 1 atom stereocenters. The molecular weight excluding hydrogens is 261 g/mol. The van der Waals surface area contributed by atoms with E-state index >= 15 is 0 Å². The Morgan fingerprint density at radius 2 is 2.00 bits per heavy atom. The molecule has 1 unspecified atom stereocenters. The predicted octanol–water partition coefficient (Wildman–Crippen LogP) is 4.41. The fourth-order valence-corrected chi connectivity index (χ4v) is 3.08. The number of aryl methyl sites for hydroxylation is 1. The Morgan fingerprint density at radius 3 is 2.56 bits per heavy atom. The van der Waals surface area contributed by atoms with Crippen molar-refractivity contribution in [2.75, 3.05) is 0 Å². The van der Waals surface area contributed by atoms with Gasteiger partial charge in [0.2, 0.25) is 0 Å². The maximum Gasteiger partial charge on any atom is 0.0663 e. The van der Waals surface area contributed by atoms with E-state index in [-0.39, 0.29) is 6.04 Å². The third-order valence-electron chi connectivity index (χ3n) is 2.49. The normalized spacial score (nSPS) is 12.8. The van der Waals surface area contributed by atoms with Crippen LogP contribution in [0.25, 0.3) is 0 Å². The molecule has 0 bridgehead atoms. The van der Waals surface area contributed by atoms with Crippen molar-refractivity contribution in [2.24, 2.45) is 5.73 Å². The molecule has 0 spiro atoms. The topological polar surface area (TPSA) is 26.0 Å². The summed E-state index contributed by atoms with van der Waals surface area (Å²) in [4.78, 5) is 0.993. The zero-order valence-electron chi connectivity index (χ0n) is 8.71. The van der Waals surface area contributed by atoms with Crippen LogP contribution in [0.5, 0.6) is 0 Å². The quantitative estimate of drug-likeness (QED) is 0.860. The zero-order valence-corrected chi connectivity index (χ0v) is 11.0. The highest BCUT2D eigenvalue weighted by atomic mass is 35.5. The summed E-state index contributed by atoms with van der Waals surface area (Å²) in [5, 5.41) is 3.40. The van der Waals surface area contributed by atoms with Crippen LogP contribution >= 0.6 is 34.5 Å². The van der Waals surface area contributed by atoms with E-state index in [2.05, 4.69) is 0 Å². The summed E-state index contributed by atoms with van der Waals surface area (Å²) in [7, 11) is 0. The Hall–Kier alpha value is -0.540. The van der Waals surface area contributed by atoms with Gasteiger partial charge in [0.05, 0.1) is 11.1 Å². The number of hydrogen-bond acceptors (Lipinski definition) is 2. The second kappa shape index (κ2) is 4.76. The first-order valence-corrected chi connectivity index (χ1v) is 6.47. The molecule has 0 radical (unpaired) electrons. The molecule has 0 saturated heterocycles. The van der Waals surface area contributed by atoms with Gasteiger partial charge in [0.1, 0.15) is 0 Å². The molecule has 1 nitrogen and oxygen atoms in total. The molecule has 2 aromatic rings. The predicted molar refractivity (Wildman–Crippen MR) is 71.5 cm³/mol.